The monoisotopic (exact) mass is 276 g/mol. The van der Waals surface area contributed by atoms with Crippen LogP contribution in [0, 0.1) is 11.8 Å². The zero-order chi connectivity index (χ0) is 14.3. The number of fused-ring (bicyclic) bond motifs is 2. The van der Waals surface area contributed by atoms with E-state index in [1.165, 1.54) is 6.42 Å². The van der Waals surface area contributed by atoms with Crippen LogP contribution in [0.1, 0.15) is 37.2 Å². The van der Waals surface area contributed by atoms with Crippen LogP contribution in [0.25, 0.3) is 0 Å². The Bertz CT molecular complexity index is 494. The highest BCUT2D eigenvalue weighted by Gasteiger charge is 2.49. The molecule has 0 unspecified atom stereocenters. The summed E-state index contributed by atoms with van der Waals surface area (Å²) in [7, 11) is 1.92. The lowest BCUT2D eigenvalue weighted by Gasteiger charge is -2.27. The lowest BCUT2D eigenvalue weighted by molar-refractivity contribution is 0.0129. The van der Waals surface area contributed by atoms with Crippen LogP contribution in [-0.2, 0) is 11.8 Å². The second-order valence-corrected chi connectivity index (χ2v) is 6.56. The first kappa shape index (κ1) is 13.7. The number of amides is 1. The molecule has 0 aromatic carbocycles. The number of hydrogen-bond acceptors (Lipinski definition) is 2. The van der Waals surface area contributed by atoms with E-state index in [-0.39, 0.29) is 18.1 Å². The van der Waals surface area contributed by atoms with E-state index in [1.54, 1.807) is 0 Å². The van der Waals surface area contributed by atoms with Crippen LogP contribution in [0.2, 0.25) is 0 Å². The van der Waals surface area contributed by atoms with E-state index in [4.69, 9.17) is 4.74 Å². The molecule has 2 bridgehead atoms. The topological polar surface area (TPSA) is 34.5 Å². The lowest BCUT2D eigenvalue weighted by atomic mass is 10.1. The standard InChI is InChI=1S/C16H24N2O2/c1-11(2)10-20-15-12-6-7-13(15)18(9-12)16(19)14-5-4-8-17(14)3/h4-5,8,11-13,15H,6-7,9-10H2,1-3H3/t12-,13+,15+/m0/s1. The van der Waals surface area contributed by atoms with E-state index >= 15 is 0 Å². The first-order chi connectivity index (χ1) is 9.58. The Kier molecular flexibility index (Phi) is 3.59. The predicted molar refractivity (Wildman–Crippen MR) is 77.5 cm³/mol. The Morgan fingerprint density at radius 2 is 2.25 bits per heavy atom. The third-order valence-electron chi connectivity index (χ3n) is 4.55. The largest absolute Gasteiger partial charge is 0.375 e. The summed E-state index contributed by atoms with van der Waals surface area (Å²) in [5.74, 6) is 1.23. The molecule has 1 amide bonds. The van der Waals surface area contributed by atoms with Crippen LogP contribution in [-0.4, -0.2) is 40.7 Å². The van der Waals surface area contributed by atoms with Crippen LogP contribution < -0.4 is 0 Å². The predicted octanol–water partition coefficient (Wildman–Crippen LogP) is 2.30. The van der Waals surface area contributed by atoms with E-state index in [9.17, 15) is 4.79 Å². The van der Waals surface area contributed by atoms with E-state index in [0.29, 0.717) is 11.8 Å². The Morgan fingerprint density at radius 3 is 2.90 bits per heavy atom. The Labute approximate surface area is 120 Å². The number of aromatic nitrogens is 1. The van der Waals surface area contributed by atoms with Crippen molar-refractivity contribution in [3.05, 3.63) is 24.0 Å². The van der Waals surface area contributed by atoms with Crippen molar-refractivity contribution in [3.63, 3.8) is 0 Å². The molecule has 1 saturated heterocycles. The summed E-state index contributed by atoms with van der Waals surface area (Å²) in [5.41, 5.74) is 0.778. The number of ether oxygens (including phenoxy) is 1. The van der Waals surface area contributed by atoms with Gasteiger partial charge in [0.25, 0.3) is 5.91 Å². The van der Waals surface area contributed by atoms with Gasteiger partial charge in [0.15, 0.2) is 0 Å². The van der Waals surface area contributed by atoms with E-state index in [1.807, 2.05) is 34.8 Å². The highest BCUT2D eigenvalue weighted by molar-refractivity contribution is 5.93. The number of likely N-dealkylation sites (tertiary alicyclic amines) is 1. The smallest absolute Gasteiger partial charge is 0.270 e. The second-order valence-electron chi connectivity index (χ2n) is 6.56. The van der Waals surface area contributed by atoms with Gasteiger partial charge < -0.3 is 14.2 Å². The third kappa shape index (κ3) is 2.26. The maximum absolute atomic E-state index is 12.7. The molecule has 20 heavy (non-hydrogen) atoms. The number of carbonyl (C=O) groups excluding carboxylic acids is 1. The number of aryl methyl sites for hydroxylation is 1. The minimum atomic E-state index is 0.155. The van der Waals surface area contributed by atoms with Crippen molar-refractivity contribution in [2.75, 3.05) is 13.2 Å². The average molecular weight is 276 g/mol. The van der Waals surface area contributed by atoms with Crippen molar-refractivity contribution in [1.29, 1.82) is 0 Å². The third-order valence-corrected chi connectivity index (χ3v) is 4.55. The second kappa shape index (κ2) is 5.24. The van der Waals surface area contributed by atoms with Gasteiger partial charge >= 0.3 is 0 Å². The Morgan fingerprint density at radius 1 is 1.45 bits per heavy atom. The van der Waals surface area contributed by atoms with Gasteiger partial charge in [-0.15, -0.1) is 0 Å². The molecule has 3 rings (SSSR count). The summed E-state index contributed by atoms with van der Waals surface area (Å²) in [6.45, 7) is 5.99. The molecule has 3 atom stereocenters. The van der Waals surface area contributed by atoms with Gasteiger partial charge in [-0.25, -0.2) is 0 Å². The minimum absolute atomic E-state index is 0.155. The minimum Gasteiger partial charge on any atom is -0.375 e. The van der Waals surface area contributed by atoms with Crippen LogP contribution in [0.3, 0.4) is 0 Å². The zero-order valence-electron chi connectivity index (χ0n) is 12.6. The van der Waals surface area contributed by atoms with Crippen molar-refractivity contribution in [3.8, 4) is 0 Å². The molecule has 110 valence electrons. The van der Waals surface area contributed by atoms with Gasteiger partial charge in [0.1, 0.15) is 5.69 Å². The molecule has 1 aromatic rings. The van der Waals surface area contributed by atoms with Gasteiger partial charge in [0.2, 0.25) is 0 Å². The molecule has 1 saturated carbocycles. The fourth-order valence-corrected chi connectivity index (χ4v) is 3.56. The first-order valence-electron chi connectivity index (χ1n) is 7.62. The molecule has 0 spiro atoms. The van der Waals surface area contributed by atoms with Crippen LogP contribution in [0.15, 0.2) is 18.3 Å². The van der Waals surface area contributed by atoms with E-state index in [0.717, 1.165) is 25.3 Å². The van der Waals surface area contributed by atoms with E-state index in [2.05, 4.69) is 13.8 Å². The van der Waals surface area contributed by atoms with Gasteiger partial charge in [0, 0.05) is 32.3 Å². The number of piperidine rings is 1. The fourth-order valence-electron chi connectivity index (χ4n) is 3.56. The zero-order valence-corrected chi connectivity index (χ0v) is 12.6. The van der Waals surface area contributed by atoms with Crippen molar-refractivity contribution in [2.24, 2.45) is 18.9 Å². The van der Waals surface area contributed by atoms with Gasteiger partial charge in [-0.1, -0.05) is 13.8 Å². The summed E-state index contributed by atoms with van der Waals surface area (Å²) in [6, 6.07) is 4.10. The molecular formula is C16H24N2O2. The van der Waals surface area contributed by atoms with Crippen molar-refractivity contribution in [2.45, 2.75) is 38.8 Å². The maximum atomic E-state index is 12.7. The van der Waals surface area contributed by atoms with Crippen molar-refractivity contribution >= 4 is 5.91 Å². The Balaban J connectivity index is 1.71. The Hall–Kier alpha value is -1.29. The molecule has 1 aliphatic carbocycles. The van der Waals surface area contributed by atoms with E-state index < -0.39 is 0 Å². The molecule has 2 heterocycles. The lowest BCUT2D eigenvalue weighted by Crippen LogP contribution is -2.40. The summed E-state index contributed by atoms with van der Waals surface area (Å²) >= 11 is 0. The molecule has 1 aliphatic heterocycles. The number of carbonyl (C=O) groups is 1. The maximum Gasteiger partial charge on any atom is 0.270 e. The van der Waals surface area contributed by atoms with Crippen molar-refractivity contribution < 1.29 is 9.53 Å². The molecule has 2 fully saturated rings. The van der Waals surface area contributed by atoms with Gasteiger partial charge in [-0.3, -0.25) is 4.79 Å². The highest BCUT2D eigenvalue weighted by Crippen LogP contribution is 2.40. The molecular weight excluding hydrogens is 252 g/mol. The number of rotatable bonds is 4. The normalized spacial score (nSPS) is 28.6. The first-order valence-corrected chi connectivity index (χ1v) is 7.62. The SMILES string of the molecule is CC(C)CO[C@@H]1[C@H]2CC[C@H]1N(C(=O)c1cccn1C)C2. The molecule has 0 N–H and O–H groups in total. The average Bonchev–Trinajstić information content (AvgIpc) is 3.09. The highest BCUT2D eigenvalue weighted by atomic mass is 16.5. The summed E-state index contributed by atoms with van der Waals surface area (Å²) in [5, 5.41) is 0. The quantitative estimate of drug-likeness (QED) is 0.845. The molecule has 1 aromatic heterocycles. The summed E-state index contributed by atoms with van der Waals surface area (Å²) in [6.07, 6.45) is 4.46. The molecule has 4 nitrogen and oxygen atoms in total. The molecule has 4 heteroatoms. The number of hydrogen-bond donors (Lipinski definition) is 0. The van der Waals surface area contributed by atoms with Crippen LogP contribution >= 0.6 is 0 Å². The van der Waals surface area contributed by atoms with Crippen LogP contribution in [0.4, 0.5) is 0 Å². The van der Waals surface area contributed by atoms with Crippen LogP contribution in [0.5, 0.6) is 0 Å². The summed E-state index contributed by atoms with van der Waals surface area (Å²) in [4.78, 5) is 14.7. The summed E-state index contributed by atoms with van der Waals surface area (Å²) < 4.78 is 7.98. The molecule has 0 radical (unpaired) electrons. The van der Waals surface area contributed by atoms with Gasteiger partial charge in [-0.2, -0.15) is 0 Å². The number of nitrogens with zero attached hydrogens (tertiary/aromatic N) is 2. The fraction of sp³-hybridized carbons (Fsp3) is 0.688. The van der Waals surface area contributed by atoms with Gasteiger partial charge in [-0.05, 0) is 30.9 Å². The van der Waals surface area contributed by atoms with Crippen molar-refractivity contribution in [1.82, 2.24) is 9.47 Å². The van der Waals surface area contributed by atoms with Gasteiger partial charge in [0.05, 0.1) is 12.1 Å². The molecule has 2 aliphatic rings.